The second-order valence-electron chi connectivity index (χ2n) is 5.76. The van der Waals surface area contributed by atoms with Crippen molar-refractivity contribution in [1.29, 1.82) is 0 Å². The van der Waals surface area contributed by atoms with Crippen LogP contribution in [0.15, 0.2) is 0 Å². The maximum atomic E-state index is 12.0. The van der Waals surface area contributed by atoms with E-state index in [1.165, 1.54) is 24.7 Å². The summed E-state index contributed by atoms with van der Waals surface area (Å²) in [6.45, 7) is 5.13. The van der Waals surface area contributed by atoms with Gasteiger partial charge >= 0.3 is 12.0 Å². The van der Waals surface area contributed by atoms with E-state index < -0.39 is 11.5 Å². The molecule has 6 heteroatoms. The summed E-state index contributed by atoms with van der Waals surface area (Å²) in [5.74, 6) is -0.305. The average molecular weight is 286 g/mol. The fourth-order valence-electron chi connectivity index (χ4n) is 1.89. The van der Waals surface area contributed by atoms with Crippen LogP contribution < -0.4 is 5.32 Å². The van der Waals surface area contributed by atoms with E-state index in [1.54, 1.807) is 7.05 Å². The quantitative estimate of drug-likeness (QED) is 0.632. The van der Waals surface area contributed by atoms with Crippen molar-refractivity contribution in [2.45, 2.75) is 45.1 Å². The van der Waals surface area contributed by atoms with Crippen LogP contribution in [-0.2, 0) is 9.53 Å². The van der Waals surface area contributed by atoms with Crippen molar-refractivity contribution in [3.8, 4) is 0 Å². The van der Waals surface area contributed by atoms with Gasteiger partial charge in [0.15, 0.2) is 0 Å². The lowest BCUT2D eigenvalue weighted by atomic mass is 9.96. The summed E-state index contributed by atoms with van der Waals surface area (Å²) in [5, 5.41) is 11.8. The maximum absolute atomic E-state index is 12.0. The van der Waals surface area contributed by atoms with Crippen molar-refractivity contribution in [2.75, 3.05) is 26.8 Å². The Morgan fingerprint density at radius 3 is 2.60 bits per heavy atom. The van der Waals surface area contributed by atoms with E-state index in [-0.39, 0.29) is 6.03 Å². The lowest BCUT2D eigenvalue weighted by Crippen LogP contribution is -2.55. The molecule has 0 aromatic rings. The number of hydrogen-bond acceptors (Lipinski definition) is 3. The molecule has 116 valence electrons. The Morgan fingerprint density at radius 2 is 2.10 bits per heavy atom. The molecule has 1 fully saturated rings. The summed E-state index contributed by atoms with van der Waals surface area (Å²) < 4.78 is 5.47. The molecule has 1 rings (SSSR count). The molecule has 1 unspecified atom stereocenters. The molecule has 1 aliphatic rings. The normalized spacial score (nSPS) is 17.4. The molecule has 0 heterocycles. The second-order valence-corrected chi connectivity index (χ2v) is 5.76. The SMILES string of the molecule is CCCC(C)(NC(=O)N(C)CCOCC1CC1)C(=O)O. The zero-order valence-electron chi connectivity index (χ0n) is 12.6. The molecule has 1 aliphatic carbocycles. The van der Waals surface area contributed by atoms with Crippen molar-refractivity contribution in [3.05, 3.63) is 0 Å². The minimum atomic E-state index is -1.21. The molecule has 0 spiro atoms. The van der Waals surface area contributed by atoms with Crippen molar-refractivity contribution in [2.24, 2.45) is 5.92 Å². The van der Waals surface area contributed by atoms with E-state index in [0.29, 0.717) is 31.9 Å². The molecular formula is C14H26N2O4. The van der Waals surface area contributed by atoms with E-state index in [2.05, 4.69) is 5.32 Å². The van der Waals surface area contributed by atoms with Gasteiger partial charge in [-0.05, 0) is 32.1 Å². The summed E-state index contributed by atoms with van der Waals surface area (Å²) in [6.07, 6.45) is 3.58. The number of carboxylic acid groups (broad SMARTS) is 1. The maximum Gasteiger partial charge on any atom is 0.329 e. The van der Waals surface area contributed by atoms with Gasteiger partial charge in [0, 0.05) is 20.2 Å². The second kappa shape index (κ2) is 7.47. The molecule has 0 aliphatic heterocycles. The van der Waals surface area contributed by atoms with Gasteiger partial charge in [-0.1, -0.05) is 13.3 Å². The molecule has 0 radical (unpaired) electrons. The number of hydrogen-bond donors (Lipinski definition) is 2. The number of carbonyl (C=O) groups excluding carboxylic acids is 1. The number of carboxylic acids is 1. The van der Waals surface area contributed by atoms with E-state index >= 15 is 0 Å². The fraction of sp³-hybridized carbons (Fsp3) is 0.857. The molecule has 1 saturated carbocycles. The molecule has 0 bridgehead atoms. The molecule has 0 saturated heterocycles. The van der Waals surface area contributed by atoms with Gasteiger partial charge in [-0.3, -0.25) is 0 Å². The molecule has 20 heavy (non-hydrogen) atoms. The van der Waals surface area contributed by atoms with Crippen LogP contribution in [-0.4, -0.2) is 54.4 Å². The van der Waals surface area contributed by atoms with Gasteiger partial charge in [-0.15, -0.1) is 0 Å². The first kappa shape index (κ1) is 16.8. The number of urea groups is 1. The molecular weight excluding hydrogens is 260 g/mol. The summed E-state index contributed by atoms with van der Waals surface area (Å²) in [6, 6.07) is -0.377. The Labute approximate surface area is 120 Å². The number of amides is 2. The molecule has 0 aromatic heterocycles. The largest absolute Gasteiger partial charge is 0.480 e. The van der Waals surface area contributed by atoms with Gasteiger partial charge in [0.25, 0.3) is 0 Å². The van der Waals surface area contributed by atoms with Crippen LogP contribution in [0.4, 0.5) is 4.79 Å². The van der Waals surface area contributed by atoms with Gasteiger partial charge < -0.3 is 20.1 Å². The Hall–Kier alpha value is -1.30. The highest BCUT2D eigenvalue weighted by atomic mass is 16.5. The zero-order chi connectivity index (χ0) is 15.2. The lowest BCUT2D eigenvalue weighted by molar-refractivity contribution is -0.144. The fourth-order valence-corrected chi connectivity index (χ4v) is 1.89. The summed E-state index contributed by atoms with van der Waals surface area (Å²) in [5.41, 5.74) is -1.21. The van der Waals surface area contributed by atoms with E-state index in [0.717, 1.165) is 6.61 Å². The number of ether oxygens (including phenoxy) is 1. The third-order valence-corrected chi connectivity index (χ3v) is 3.57. The first-order valence-corrected chi connectivity index (χ1v) is 7.23. The topological polar surface area (TPSA) is 78.9 Å². The smallest absolute Gasteiger partial charge is 0.329 e. The van der Waals surface area contributed by atoms with Gasteiger partial charge in [0.1, 0.15) is 5.54 Å². The van der Waals surface area contributed by atoms with Crippen molar-refractivity contribution >= 4 is 12.0 Å². The first-order valence-electron chi connectivity index (χ1n) is 7.23. The van der Waals surface area contributed by atoms with Crippen LogP contribution in [0.1, 0.15) is 39.5 Å². The Kier molecular flexibility index (Phi) is 6.26. The van der Waals surface area contributed by atoms with Gasteiger partial charge in [0.05, 0.1) is 6.61 Å². The highest BCUT2D eigenvalue weighted by Crippen LogP contribution is 2.28. The molecule has 2 N–H and O–H groups in total. The van der Waals surface area contributed by atoms with E-state index in [9.17, 15) is 14.7 Å². The Balaban J connectivity index is 2.32. The van der Waals surface area contributed by atoms with Crippen LogP contribution in [0, 0.1) is 5.92 Å². The Morgan fingerprint density at radius 1 is 1.45 bits per heavy atom. The van der Waals surface area contributed by atoms with Crippen LogP contribution in [0.5, 0.6) is 0 Å². The van der Waals surface area contributed by atoms with Crippen molar-refractivity contribution in [1.82, 2.24) is 10.2 Å². The van der Waals surface area contributed by atoms with Gasteiger partial charge in [-0.2, -0.15) is 0 Å². The first-order chi connectivity index (χ1) is 9.39. The number of nitrogens with one attached hydrogen (secondary N) is 1. The standard InChI is InChI=1S/C14H26N2O4/c1-4-7-14(2,12(17)18)15-13(19)16(3)8-9-20-10-11-5-6-11/h11H,4-10H2,1-3H3,(H,15,19)(H,17,18). The monoisotopic (exact) mass is 286 g/mol. The number of nitrogens with zero attached hydrogens (tertiary/aromatic N) is 1. The van der Waals surface area contributed by atoms with Crippen molar-refractivity contribution < 1.29 is 19.4 Å². The third kappa shape index (κ3) is 5.36. The molecule has 2 amide bonds. The van der Waals surface area contributed by atoms with Crippen molar-refractivity contribution in [3.63, 3.8) is 0 Å². The minimum Gasteiger partial charge on any atom is -0.480 e. The average Bonchev–Trinajstić information content (AvgIpc) is 3.18. The Bertz CT molecular complexity index is 344. The summed E-state index contributed by atoms with van der Waals surface area (Å²) >= 11 is 0. The number of likely N-dealkylation sites (N-methyl/N-ethyl adjacent to an activating group) is 1. The molecule has 1 atom stereocenters. The van der Waals surface area contributed by atoms with Gasteiger partial charge in [0.2, 0.25) is 0 Å². The van der Waals surface area contributed by atoms with Crippen LogP contribution in [0.25, 0.3) is 0 Å². The lowest BCUT2D eigenvalue weighted by Gasteiger charge is -2.28. The van der Waals surface area contributed by atoms with E-state index in [1.807, 2.05) is 6.92 Å². The van der Waals surface area contributed by atoms with Crippen LogP contribution in [0.3, 0.4) is 0 Å². The number of rotatable bonds is 9. The highest BCUT2D eigenvalue weighted by molar-refractivity contribution is 5.85. The van der Waals surface area contributed by atoms with E-state index in [4.69, 9.17) is 4.74 Å². The van der Waals surface area contributed by atoms with Gasteiger partial charge in [-0.25, -0.2) is 9.59 Å². The van der Waals surface area contributed by atoms with Crippen LogP contribution >= 0.6 is 0 Å². The third-order valence-electron chi connectivity index (χ3n) is 3.57. The minimum absolute atomic E-state index is 0.377. The highest BCUT2D eigenvalue weighted by Gasteiger charge is 2.34. The number of aliphatic carboxylic acids is 1. The summed E-state index contributed by atoms with van der Waals surface area (Å²) in [7, 11) is 1.64. The molecule has 6 nitrogen and oxygen atoms in total. The number of carbonyl (C=O) groups is 2. The summed E-state index contributed by atoms with van der Waals surface area (Å²) in [4.78, 5) is 24.7. The molecule has 0 aromatic carbocycles. The predicted octanol–water partition coefficient (Wildman–Crippen LogP) is 1.70. The predicted molar refractivity (Wildman–Crippen MR) is 75.7 cm³/mol. The zero-order valence-corrected chi connectivity index (χ0v) is 12.6. The van der Waals surface area contributed by atoms with Crippen LogP contribution in [0.2, 0.25) is 0 Å².